The van der Waals surface area contributed by atoms with Crippen molar-refractivity contribution >= 4 is 17.4 Å². The second kappa shape index (κ2) is 4.72. The van der Waals surface area contributed by atoms with Gasteiger partial charge in [0.15, 0.2) is 0 Å². The number of anilines is 1. The van der Waals surface area contributed by atoms with E-state index in [4.69, 9.17) is 0 Å². The molecule has 1 aromatic heterocycles. The lowest BCUT2D eigenvalue weighted by atomic mass is 10.1. The summed E-state index contributed by atoms with van der Waals surface area (Å²) in [5.74, 6) is -3.35. The number of aromatic nitrogens is 3. The summed E-state index contributed by atoms with van der Waals surface area (Å²) in [5.41, 5.74) is -0.475. The van der Waals surface area contributed by atoms with E-state index in [9.17, 15) is 18.4 Å². The quantitative estimate of drug-likeness (QED) is 0.800. The molecule has 0 fully saturated rings. The van der Waals surface area contributed by atoms with E-state index in [1.807, 2.05) is 6.92 Å². The maximum Gasteiger partial charge on any atom is 0.300 e. The lowest BCUT2D eigenvalue weighted by molar-refractivity contribution is -0.114. The van der Waals surface area contributed by atoms with Crippen molar-refractivity contribution < 1.29 is 18.4 Å². The van der Waals surface area contributed by atoms with E-state index in [0.29, 0.717) is 18.4 Å². The number of aryl methyl sites for hydroxylation is 1. The number of ketones is 1. The van der Waals surface area contributed by atoms with Gasteiger partial charge in [-0.2, -0.15) is 5.10 Å². The zero-order valence-corrected chi connectivity index (χ0v) is 11.0. The summed E-state index contributed by atoms with van der Waals surface area (Å²) >= 11 is 0. The van der Waals surface area contributed by atoms with Crippen molar-refractivity contribution in [3.63, 3.8) is 0 Å². The smallest absolute Gasteiger partial charge is 0.297 e. The van der Waals surface area contributed by atoms with Crippen LogP contribution in [0.4, 0.5) is 14.5 Å². The predicted molar refractivity (Wildman–Crippen MR) is 67.6 cm³/mol. The molecule has 21 heavy (non-hydrogen) atoms. The van der Waals surface area contributed by atoms with Crippen LogP contribution < -0.4 is 4.90 Å². The first-order valence-corrected chi connectivity index (χ1v) is 6.24. The Hall–Kier alpha value is -2.64. The highest BCUT2D eigenvalue weighted by atomic mass is 19.1. The minimum Gasteiger partial charge on any atom is -0.297 e. The standard InChI is InChI=1S/C13H10F2N4O2/c1-2-19-10(16-6-17-19)5-18-9-4-7(14)3-8(15)11(9)12(20)13(18)21/h3-4,6H,2,5H2,1H3. The van der Waals surface area contributed by atoms with Crippen LogP contribution in [0.1, 0.15) is 23.1 Å². The minimum atomic E-state index is -1.04. The van der Waals surface area contributed by atoms with Crippen molar-refractivity contribution in [1.29, 1.82) is 0 Å². The zero-order chi connectivity index (χ0) is 15.1. The molecular formula is C13H10F2N4O2. The monoisotopic (exact) mass is 292 g/mol. The molecule has 0 N–H and O–H groups in total. The van der Waals surface area contributed by atoms with Crippen molar-refractivity contribution in [2.45, 2.75) is 20.0 Å². The van der Waals surface area contributed by atoms with Crippen molar-refractivity contribution in [2.75, 3.05) is 4.90 Å². The third-order valence-corrected chi connectivity index (χ3v) is 3.29. The van der Waals surface area contributed by atoms with Crippen molar-refractivity contribution in [3.05, 3.63) is 41.5 Å². The van der Waals surface area contributed by atoms with Gasteiger partial charge in [0.2, 0.25) is 0 Å². The summed E-state index contributed by atoms with van der Waals surface area (Å²) in [6.45, 7) is 2.28. The number of hydrogen-bond donors (Lipinski definition) is 0. The Morgan fingerprint density at radius 3 is 2.71 bits per heavy atom. The molecule has 0 bridgehead atoms. The summed E-state index contributed by atoms with van der Waals surface area (Å²) in [5, 5.41) is 3.95. The fraction of sp³-hybridized carbons (Fsp3) is 0.231. The van der Waals surface area contributed by atoms with Crippen molar-refractivity contribution in [1.82, 2.24) is 14.8 Å². The van der Waals surface area contributed by atoms with Crippen LogP contribution >= 0.6 is 0 Å². The highest BCUT2D eigenvalue weighted by molar-refractivity contribution is 6.52. The second-order valence-corrected chi connectivity index (χ2v) is 4.49. The fourth-order valence-corrected chi connectivity index (χ4v) is 2.31. The summed E-state index contributed by atoms with van der Waals surface area (Å²) in [6.07, 6.45) is 1.31. The summed E-state index contributed by atoms with van der Waals surface area (Å²) in [6, 6.07) is 1.55. The number of nitrogens with zero attached hydrogens (tertiary/aromatic N) is 4. The van der Waals surface area contributed by atoms with Crippen LogP contribution in [-0.2, 0) is 17.9 Å². The maximum atomic E-state index is 13.7. The third-order valence-electron chi connectivity index (χ3n) is 3.29. The van der Waals surface area contributed by atoms with Gasteiger partial charge in [-0.3, -0.25) is 14.5 Å². The van der Waals surface area contributed by atoms with Crippen molar-refractivity contribution in [2.24, 2.45) is 0 Å². The molecule has 0 atom stereocenters. The Balaban J connectivity index is 2.06. The Bertz CT molecular complexity index is 757. The van der Waals surface area contributed by atoms with Crippen LogP contribution in [-0.4, -0.2) is 26.5 Å². The highest BCUT2D eigenvalue weighted by Gasteiger charge is 2.39. The average molecular weight is 292 g/mol. The molecule has 1 amide bonds. The number of carbonyl (C=O) groups is 2. The number of fused-ring (bicyclic) bond motifs is 1. The van der Waals surface area contributed by atoms with Crippen LogP contribution in [0.5, 0.6) is 0 Å². The van der Waals surface area contributed by atoms with Gasteiger partial charge in [0.25, 0.3) is 11.7 Å². The predicted octanol–water partition coefficient (Wildman–Crippen LogP) is 1.31. The molecule has 2 heterocycles. The number of amides is 1. The van der Waals surface area contributed by atoms with E-state index < -0.39 is 28.9 Å². The van der Waals surface area contributed by atoms with Crippen LogP contribution in [0.3, 0.4) is 0 Å². The van der Waals surface area contributed by atoms with E-state index in [1.165, 1.54) is 11.0 Å². The Labute approximate surface area is 118 Å². The van der Waals surface area contributed by atoms with Gasteiger partial charge >= 0.3 is 0 Å². The van der Waals surface area contributed by atoms with Gasteiger partial charge in [-0.25, -0.2) is 18.4 Å². The first-order valence-electron chi connectivity index (χ1n) is 6.24. The van der Waals surface area contributed by atoms with E-state index in [-0.39, 0.29) is 12.2 Å². The number of halogens is 2. The lowest BCUT2D eigenvalue weighted by Gasteiger charge is -2.16. The fourth-order valence-electron chi connectivity index (χ4n) is 2.31. The van der Waals surface area contributed by atoms with Crippen LogP contribution in [0, 0.1) is 11.6 Å². The molecule has 0 radical (unpaired) electrons. The van der Waals surface area contributed by atoms with Gasteiger partial charge < -0.3 is 0 Å². The number of benzene rings is 1. The first-order chi connectivity index (χ1) is 10.0. The summed E-state index contributed by atoms with van der Waals surface area (Å²) in [7, 11) is 0. The van der Waals surface area contributed by atoms with Gasteiger partial charge in [-0.15, -0.1) is 0 Å². The molecule has 0 aliphatic carbocycles. The van der Waals surface area contributed by atoms with E-state index in [1.54, 1.807) is 0 Å². The molecule has 0 saturated heterocycles. The molecule has 1 aliphatic rings. The molecule has 3 rings (SSSR count). The van der Waals surface area contributed by atoms with E-state index >= 15 is 0 Å². The lowest BCUT2D eigenvalue weighted by Crippen LogP contribution is -2.30. The number of carbonyl (C=O) groups excluding carboxylic acids is 2. The number of hydrogen-bond acceptors (Lipinski definition) is 4. The molecule has 1 aromatic carbocycles. The topological polar surface area (TPSA) is 68.1 Å². The summed E-state index contributed by atoms with van der Waals surface area (Å²) in [4.78, 5) is 28.8. The molecular weight excluding hydrogens is 282 g/mol. The highest BCUT2D eigenvalue weighted by Crippen LogP contribution is 2.32. The van der Waals surface area contributed by atoms with Crippen molar-refractivity contribution in [3.8, 4) is 0 Å². The molecule has 108 valence electrons. The van der Waals surface area contributed by atoms with E-state index in [0.717, 1.165) is 11.0 Å². The second-order valence-electron chi connectivity index (χ2n) is 4.49. The third kappa shape index (κ3) is 1.99. The first kappa shape index (κ1) is 13.3. The Morgan fingerprint density at radius 1 is 1.24 bits per heavy atom. The largest absolute Gasteiger partial charge is 0.300 e. The number of rotatable bonds is 3. The van der Waals surface area contributed by atoms with E-state index in [2.05, 4.69) is 10.1 Å². The molecule has 0 saturated carbocycles. The molecule has 6 nitrogen and oxygen atoms in total. The molecule has 8 heteroatoms. The Morgan fingerprint density at radius 2 is 2.00 bits per heavy atom. The number of Topliss-reactive ketones (excluding diaryl/α,β-unsaturated/α-hetero) is 1. The molecule has 1 aliphatic heterocycles. The van der Waals surface area contributed by atoms with Gasteiger partial charge in [0, 0.05) is 12.6 Å². The Kier molecular flexibility index (Phi) is 3.00. The molecule has 2 aromatic rings. The van der Waals surface area contributed by atoms with Crippen LogP contribution in [0.2, 0.25) is 0 Å². The van der Waals surface area contributed by atoms with Crippen LogP contribution in [0.25, 0.3) is 0 Å². The molecule has 0 spiro atoms. The summed E-state index contributed by atoms with van der Waals surface area (Å²) < 4.78 is 28.6. The van der Waals surface area contributed by atoms with Crippen LogP contribution in [0.15, 0.2) is 18.5 Å². The van der Waals surface area contributed by atoms with Gasteiger partial charge in [0.05, 0.1) is 17.8 Å². The normalized spacial score (nSPS) is 14.0. The zero-order valence-electron chi connectivity index (χ0n) is 11.0. The SMILES string of the molecule is CCn1ncnc1CN1C(=O)C(=O)c2c(F)cc(F)cc21. The van der Waals surface area contributed by atoms with Gasteiger partial charge in [-0.1, -0.05) is 0 Å². The van der Waals surface area contributed by atoms with Gasteiger partial charge in [-0.05, 0) is 13.0 Å². The minimum absolute atomic E-state index is 0.0751. The maximum absolute atomic E-state index is 13.7. The average Bonchev–Trinajstić information content (AvgIpc) is 2.97. The van der Waals surface area contributed by atoms with Gasteiger partial charge in [0.1, 0.15) is 23.8 Å². The molecule has 0 unspecified atom stereocenters.